The van der Waals surface area contributed by atoms with Gasteiger partial charge in [0, 0.05) is 45.8 Å². The van der Waals surface area contributed by atoms with Gasteiger partial charge in [-0.3, -0.25) is 38.7 Å². The van der Waals surface area contributed by atoms with Crippen molar-refractivity contribution in [3.05, 3.63) is 32.8 Å². The molecule has 1 aromatic rings. The van der Waals surface area contributed by atoms with Crippen LogP contribution in [0.2, 0.25) is 0 Å². The van der Waals surface area contributed by atoms with Crippen LogP contribution in [-0.2, 0) is 28.6 Å². The average molecular weight is 637 g/mol. The molecule has 1 unspecified atom stereocenters. The molecule has 1 aliphatic heterocycles. The monoisotopic (exact) mass is 636 g/mol. The number of nitrogens with one attached hydrogen (secondary N) is 1. The number of rotatable bonds is 14. The molecule has 1 heterocycles. The molecule has 45 heavy (non-hydrogen) atoms. The van der Waals surface area contributed by atoms with Crippen LogP contribution in [0, 0.1) is 0 Å². The van der Waals surface area contributed by atoms with Gasteiger partial charge in [0.25, 0.3) is 10.9 Å². The third-order valence-electron chi connectivity index (χ3n) is 6.78. The minimum atomic E-state index is -0.718. The van der Waals surface area contributed by atoms with Crippen LogP contribution in [0.5, 0.6) is 5.75 Å². The largest absolute Gasteiger partial charge is 0.488 e. The number of hydrogen-bond donors (Lipinski definition) is 1. The van der Waals surface area contributed by atoms with E-state index in [2.05, 4.69) is 11.9 Å². The molecule has 13 nitrogen and oxygen atoms in total. The lowest BCUT2D eigenvalue weighted by Gasteiger charge is -2.34. The number of anilines is 1. The fourth-order valence-electron chi connectivity index (χ4n) is 4.89. The van der Waals surface area contributed by atoms with E-state index in [-0.39, 0.29) is 37.1 Å². The molecule has 1 fully saturated rings. The maximum Gasteiger partial charge on any atom is 0.325 e. The van der Waals surface area contributed by atoms with Crippen LogP contribution in [0.1, 0.15) is 68.2 Å². The Morgan fingerprint density at radius 1 is 0.844 bits per heavy atom. The first kappa shape index (κ1) is 37.9. The number of ether oxygens (including phenoxy) is 4. The summed E-state index contributed by atoms with van der Waals surface area (Å²) in [6, 6.07) is -0.643. The first-order chi connectivity index (χ1) is 20.9. The minimum Gasteiger partial charge on any atom is -0.488 e. The highest BCUT2D eigenvalue weighted by molar-refractivity contribution is 5.76. The molecule has 254 valence electrons. The van der Waals surface area contributed by atoms with E-state index in [0.29, 0.717) is 64.4 Å². The van der Waals surface area contributed by atoms with Crippen LogP contribution in [-0.4, -0.2) is 115 Å². The fraction of sp³-hybridized carbons (Fsp3) is 0.719. The summed E-state index contributed by atoms with van der Waals surface area (Å²) in [7, 11) is 0. The van der Waals surface area contributed by atoms with Gasteiger partial charge >= 0.3 is 17.9 Å². The van der Waals surface area contributed by atoms with E-state index in [1.807, 2.05) is 35.5 Å². The number of nitrogens with zero attached hydrogens (tertiary/aromatic N) is 3. The van der Waals surface area contributed by atoms with E-state index < -0.39 is 40.0 Å². The molecule has 0 aliphatic carbocycles. The van der Waals surface area contributed by atoms with Gasteiger partial charge in [0.1, 0.15) is 22.9 Å². The molecule has 0 amide bonds. The molecule has 1 saturated heterocycles. The van der Waals surface area contributed by atoms with Crippen molar-refractivity contribution in [2.24, 2.45) is 0 Å². The molecule has 0 saturated carbocycles. The summed E-state index contributed by atoms with van der Waals surface area (Å²) in [6.45, 7) is 21.3. The van der Waals surface area contributed by atoms with Crippen molar-refractivity contribution < 1.29 is 33.3 Å². The minimum absolute atomic E-state index is 0.0199. The van der Waals surface area contributed by atoms with Crippen molar-refractivity contribution in [2.45, 2.75) is 85.5 Å². The van der Waals surface area contributed by atoms with Crippen molar-refractivity contribution in [3.63, 3.8) is 0 Å². The molecule has 1 N–H and O–H groups in total. The summed E-state index contributed by atoms with van der Waals surface area (Å²) < 4.78 is 21.8. The van der Waals surface area contributed by atoms with E-state index >= 15 is 0 Å². The van der Waals surface area contributed by atoms with Crippen LogP contribution >= 0.6 is 0 Å². The molecule has 1 atom stereocenters. The first-order valence-corrected chi connectivity index (χ1v) is 15.6. The van der Waals surface area contributed by atoms with Gasteiger partial charge in [-0.1, -0.05) is 6.58 Å². The second-order valence-corrected chi connectivity index (χ2v) is 13.3. The molecule has 0 spiro atoms. The normalized spacial score (nSPS) is 16.6. The number of carbonyl (C=O) groups excluding carboxylic acids is 3. The maximum atomic E-state index is 13.6. The summed E-state index contributed by atoms with van der Waals surface area (Å²) in [5.41, 5.74) is -2.45. The van der Waals surface area contributed by atoms with Gasteiger partial charge in [-0.2, -0.15) is 0 Å². The van der Waals surface area contributed by atoms with Gasteiger partial charge in [0.15, 0.2) is 5.75 Å². The van der Waals surface area contributed by atoms with Crippen molar-refractivity contribution in [3.8, 4) is 5.75 Å². The number of allylic oxidation sites excluding steroid dienone is 1. The highest BCUT2D eigenvalue weighted by atomic mass is 16.6. The standard InChI is InChI=1S/C32H52N4O9/c1-10-42-29-26(27(39)28(29)40)33-13-11-12-23(30(41)45-32(7,8)9)36-18-16-34(20-24(37)43-22(2)3)14-15-35(17-19-36)21-25(38)44-31(4,5)6/h23,33H,2,10-21H2,1,3-9H3. The lowest BCUT2D eigenvalue weighted by molar-refractivity contribution is -0.162. The van der Waals surface area contributed by atoms with Crippen LogP contribution < -0.4 is 20.9 Å². The molecule has 0 aromatic heterocycles. The Bertz CT molecular complexity index is 1240. The van der Waals surface area contributed by atoms with Gasteiger partial charge in [-0.05, 0) is 68.2 Å². The molecular formula is C32H52N4O9. The summed E-state index contributed by atoms with van der Waals surface area (Å²) >= 11 is 0. The molecular weight excluding hydrogens is 584 g/mol. The molecule has 1 aromatic carbocycles. The van der Waals surface area contributed by atoms with Crippen molar-refractivity contribution in [1.29, 1.82) is 0 Å². The zero-order chi connectivity index (χ0) is 33.9. The van der Waals surface area contributed by atoms with Gasteiger partial charge in [0.2, 0.25) is 0 Å². The predicted molar refractivity (Wildman–Crippen MR) is 171 cm³/mol. The third kappa shape index (κ3) is 13.3. The zero-order valence-corrected chi connectivity index (χ0v) is 28.3. The Morgan fingerprint density at radius 3 is 1.89 bits per heavy atom. The SMILES string of the molecule is C=C(C)OC(=O)CN1CCN(CC(=O)OC(C)(C)C)CCN(C(CCCNc2c(OCC)c(=O)c2=O)C(=O)OC(C)(C)C)CC1. The summed E-state index contributed by atoms with van der Waals surface area (Å²) in [5.74, 6) is -0.847. The van der Waals surface area contributed by atoms with Crippen molar-refractivity contribution in [1.82, 2.24) is 14.7 Å². The van der Waals surface area contributed by atoms with Gasteiger partial charge < -0.3 is 24.3 Å². The average Bonchev–Trinajstić information content (AvgIpc) is 2.98. The van der Waals surface area contributed by atoms with Crippen LogP contribution in [0.4, 0.5) is 5.69 Å². The topological polar surface area (TPSA) is 144 Å². The van der Waals surface area contributed by atoms with Gasteiger partial charge in [0.05, 0.1) is 25.5 Å². The zero-order valence-electron chi connectivity index (χ0n) is 28.3. The highest BCUT2D eigenvalue weighted by Crippen LogP contribution is 2.20. The smallest absolute Gasteiger partial charge is 0.325 e. The van der Waals surface area contributed by atoms with Gasteiger partial charge in [-0.15, -0.1) is 0 Å². The second-order valence-electron chi connectivity index (χ2n) is 13.3. The fourth-order valence-corrected chi connectivity index (χ4v) is 4.89. The van der Waals surface area contributed by atoms with E-state index in [4.69, 9.17) is 18.9 Å². The Labute approximate surface area is 266 Å². The molecule has 0 bridgehead atoms. The van der Waals surface area contributed by atoms with Crippen LogP contribution in [0.3, 0.4) is 0 Å². The third-order valence-corrected chi connectivity index (χ3v) is 6.78. The quantitative estimate of drug-likeness (QED) is 0.105. The Balaban J connectivity index is 2.25. The van der Waals surface area contributed by atoms with Gasteiger partial charge in [-0.25, -0.2) is 0 Å². The Morgan fingerprint density at radius 2 is 1.38 bits per heavy atom. The second kappa shape index (κ2) is 16.9. The number of hydrogen-bond acceptors (Lipinski definition) is 13. The van der Waals surface area contributed by atoms with E-state index in [0.717, 1.165) is 0 Å². The Hall–Kier alpha value is -3.29. The summed E-state index contributed by atoms with van der Waals surface area (Å²) in [5, 5.41) is 2.99. The van der Waals surface area contributed by atoms with Crippen LogP contribution in [0.15, 0.2) is 21.9 Å². The summed E-state index contributed by atoms with van der Waals surface area (Å²) in [6.07, 6.45) is 0.881. The van der Waals surface area contributed by atoms with E-state index in [1.165, 1.54) is 0 Å². The molecule has 1 aliphatic rings. The lowest BCUT2D eigenvalue weighted by Crippen LogP contribution is -2.49. The Kier molecular flexibility index (Phi) is 14.2. The van der Waals surface area contributed by atoms with E-state index in [9.17, 15) is 24.0 Å². The molecule has 2 rings (SSSR count). The molecule has 13 heteroatoms. The predicted octanol–water partition coefficient (Wildman–Crippen LogP) is 1.92. The number of carbonyl (C=O) groups is 3. The van der Waals surface area contributed by atoms with Crippen molar-refractivity contribution >= 4 is 23.6 Å². The highest BCUT2D eigenvalue weighted by Gasteiger charge is 2.32. The van der Waals surface area contributed by atoms with Crippen molar-refractivity contribution in [2.75, 3.05) is 70.8 Å². The summed E-state index contributed by atoms with van der Waals surface area (Å²) in [4.78, 5) is 68.5. The maximum absolute atomic E-state index is 13.6. The lowest BCUT2D eigenvalue weighted by atomic mass is 10.1. The molecule has 0 radical (unpaired) electrons. The number of esters is 3. The van der Waals surface area contributed by atoms with Crippen LogP contribution in [0.25, 0.3) is 0 Å². The first-order valence-electron chi connectivity index (χ1n) is 15.6. The van der Waals surface area contributed by atoms with E-state index in [1.54, 1.807) is 34.6 Å².